The Labute approximate surface area is 155 Å². The number of benzene rings is 1. The van der Waals surface area contributed by atoms with E-state index in [0.717, 1.165) is 12.0 Å². The van der Waals surface area contributed by atoms with Crippen molar-refractivity contribution >= 4 is 11.6 Å². The van der Waals surface area contributed by atoms with E-state index in [4.69, 9.17) is 11.6 Å². The Kier molecular flexibility index (Phi) is 5.79. The topological polar surface area (TPSA) is 115 Å². The molecule has 9 heteroatoms. The number of rotatable bonds is 5. The molecule has 2 heterocycles. The van der Waals surface area contributed by atoms with Gasteiger partial charge in [0.05, 0.1) is 24.8 Å². The number of H-pyrrole nitrogens is 1. The average Bonchev–Trinajstić information content (AvgIpc) is 2.98. The van der Waals surface area contributed by atoms with Gasteiger partial charge in [-0.1, -0.05) is 18.5 Å². The molecular formula is C17H23ClN4O4. The van der Waals surface area contributed by atoms with Crippen LogP contribution in [-0.2, 0) is 6.54 Å². The first-order valence-electron chi connectivity index (χ1n) is 8.62. The molecule has 142 valence electrons. The number of likely N-dealkylation sites (tertiary alicyclic amines) is 1. The molecular weight excluding hydrogens is 360 g/mol. The Morgan fingerprint density at radius 1 is 1.23 bits per heavy atom. The third-order valence-electron chi connectivity index (χ3n) is 4.70. The number of hydrogen-bond donors (Lipinski definition) is 4. The van der Waals surface area contributed by atoms with Crippen LogP contribution in [0.2, 0.25) is 5.02 Å². The van der Waals surface area contributed by atoms with Gasteiger partial charge in [0.1, 0.15) is 6.10 Å². The smallest absolute Gasteiger partial charge is 0.343 e. The third kappa shape index (κ3) is 3.84. The first-order chi connectivity index (χ1) is 12.4. The molecule has 0 amide bonds. The Bertz CT molecular complexity index is 791. The number of hydrogen-bond acceptors (Lipinski definition) is 6. The summed E-state index contributed by atoms with van der Waals surface area (Å²) in [6, 6.07) is 6.40. The van der Waals surface area contributed by atoms with Crippen LogP contribution in [0.25, 0.3) is 11.4 Å². The van der Waals surface area contributed by atoms with Gasteiger partial charge in [-0.2, -0.15) is 0 Å². The molecule has 3 rings (SSSR count). The quantitative estimate of drug-likeness (QED) is 0.581. The lowest BCUT2D eigenvalue weighted by Crippen LogP contribution is -2.62. The Morgan fingerprint density at radius 3 is 2.58 bits per heavy atom. The van der Waals surface area contributed by atoms with Crippen LogP contribution in [0.1, 0.15) is 13.3 Å². The highest BCUT2D eigenvalue weighted by Gasteiger charge is 2.41. The molecule has 2 aromatic rings. The molecule has 0 aliphatic carbocycles. The SMILES string of the molecule is CCCN1C[C@H](O)[C@H](O)[C@H](O)[C@H]1Cn1nc(-c2ccc(Cl)cc2)[nH]c1=O. The fourth-order valence-corrected chi connectivity index (χ4v) is 3.44. The van der Waals surface area contributed by atoms with Gasteiger partial charge in [0.25, 0.3) is 0 Å². The summed E-state index contributed by atoms with van der Waals surface area (Å²) in [4.78, 5) is 16.9. The lowest BCUT2D eigenvalue weighted by Gasteiger charge is -2.43. The first kappa shape index (κ1) is 19.1. The number of aliphatic hydroxyl groups excluding tert-OH is 3. The maximum absolute atomic E-state index is 12.3. The van der Waals surface area contributed by atoms with Gasteiger partial charge >= 0.3 is 5.69 Å². The van der Waals surface area contributed by atoms with Crippen LogP contribution in [0.5, 0.6) is 0 Å². The summed E-state index contributed by atoms with van der Waals surface area (Å²) in [7, 11) is 0. The number of aliphatic hydroxyl groups is 3. The van der Waals surface area contributed by atoms with Crippen LogP contribution >= 0.6 is 11.6 Å². The lowest BCUT2D eigenvalue weighted by molar-refractivity contribution is -0.140. The minimum Gasteiger partial charge on any atom is -0.389 e. The second kappa shape index (κ2) is 7.89. The van der Waals surface area contributed by atoms with Crippen molar-refractivity contribution in [1.29, 1.82) is 0 Å². The molecule has 0 unspecified atom stereocenters. The van der Waals surface area contributed by atoms with Gasteiger partial charge in [-0.15, -0.1) is 5.10 Å². The summed E-state index contributed by atoms with van der Waals surface area (Å²) in [5.41, 5.74) is 0.314. The maximum Gasteiger partial charge on any atom is 0.343 e. The van der Waals surface area contributed by atoms with Crippen LogP contribution in [0.15, 0.2) is 29.1 Å². The molecule has 1 aliphatic heterocycles. The van der Waals surface area contributed by atoms with Gasteiger partial charge < -0.3 is 15.3 Å². The van der Waals surface area contributed by atoms with Crippen molar-refractivity contribution in [2.24, 2.45) is 0 Å². The zero-order chi connectivity index (χ0) is 18.8. The summed E-state index contributed by atoms with van der Waals surface area (Å²) >= 11 is 5.88. The predicted molar refractivity (Wildman–Crippen MR) is 97.0 cm³/mol. The summed E-state index contributed by atoms with van der Waals surface area (Å²) in [5.74, 6) is 0.402. The largest absolute Gasteiger partial charge is 0.389 e. The van der Waals surface area contributed by atoms with E-state index in [0.29, 0.717) is 17.4 Å². The van der Waals surface area contributed by atoms with Gasteiger partial charge in [-0.05, 0) is 37.2 Å². The minimum absolute atomic E-state index is 0.105. The van der Waals surface area contributed by atoms with Gasteiger partial charge in [0, 0.05) is 17.1 Å². The first-order valence-corrected chi connectivity index (χ1v) is 8.99. The zero-order valence-corrected chi connectivity index (χ0v) is 15.2. The van der Waals surface area contributed by atoms with E-state index < -0.39 is 30.0 Å². The van der Waals surface area contributed by atoms with Gasteiger partial charge in [0.15, 0.2) is 5.82 Å². The van der Waals surface area contributed by atoms with Crippen molar-refractivity contribution in [3.05, 3.63) is 39.8 Å². The fraction of sp³-hybridized carbons (Fsp3) is 0.529. The molecule has 4 N–H and O–H groups in total. The summed E-state index contributed by atoms with van der Waals surface area (Å²) in [5, 5.41) is 35.2. The van der Waals surface area contributed by atoms with Crippen molar-refractivity contribution < 1.29 is 15.3 Å². The van der Waals surface area contributed by atoms with Crippen molar-refractivity contribution in [3.8, 4) is 11.4 Å². The van der Waals surface area contributed by atoms with E-state index in [-0.39, 0.29) is 13.1 Å². The Hall–Kier alpha value is -1.71. The number of aromatic nitrogens is 3. The summed E-state index contributed by atoms with van der Waals surface area (Å²) in [6.07, 6.45) is -2.63. The summed E-state index contributed by atoms with van der Waals surface area (Å²) in [6.45, 7) is 2.96. The van der Waals surface area contributed by atoms with Crippen LogP contribution in [0.3, 0.4) is 0 Å². The number of piperidine rings is 1. The second-order valence-electron chi connectivity index (χ2n) is 6.58. The lowest BCUT2D eigenvalue weighted by atomic mass is 9.93. The second-order valence-corrected chi connectivity index (χ2v) is 7.02. The van der Waals surface area contributed by atoms with Crippen LogP contribution in [-0.4, -0.2) is 72.4 Å². The van der Waals surface area contributed by atoms with Gasteiger partial charge in [-0.25, -0.2) is 9.48 Å². The highest BCUT2D eigenvalue weighted by Crippen LogP contribution is 2.21. The van der Waals surface area contributed by atoms with Gasteiger partial charge in [-0.3, -0.25) is 9.88 Å². The van der Waals surface area contributed by atoms with Crippen LogP contribution in [0, 0.1) is 0 Å². The number of halogens is 1. The van der Waals surface area contributed by atoms with E-state index in [1.54, 1.807) is 24.3 Å². The Morgan fingerprint density at radius 2 is 1.92 bits per heavy atom. The molecule has 1 aromatic carbocycles. The molecule has 1 fully saturated rings. The number of nitrogens with one attached hydrogen (secondary N) is 1. The molecule has 1 saturated heterocycles. The highest BCUT2D eigenvalue weighted by molar-refractivity contribution is 6.30. The van der Waals surface area contributed by atoms with Crippen molar-refractivity contribution in [1.82, 2.24) is 19.7 Å². The molecule has 26 heavy (non-hydrogen) atoms. The van der Waals surface area contributed by atoms with Crippen molar-refractivity contribution in [3.63, 3.8) is 0 Å². The summed E-state index contributed by atoms with van der Waals surface area (Å²) < 4.78 is 1.24. The standard InChI is InChI=1S/C17H23ClN4O4/c1-2-7-21-9-13(23)15(25)14(24)12(21)8-22-17(26)19-16(20-22)10-3-5-11(18)6-4-10/h3-6,12-15,23-25H,2,7-9H2,1H3,(H,19,20,26)/t12-,13+,14-,15+/m1/s1. The molecule has 1 aromatic heterocycles. The average molecular weight is 383 g/mol. The van der Waals surface area contributed by atoms with E-state index in [9.17, 15) is 20.1 Å². The van der Waals surface area contributed by atoms with Crippen molar-refractivity contribution in [2.75, 3.05) is 13.1 Å². The van der Waals surface area contributed by atoms with Crippen LogP contribution in [0.4, 0.5) is 0 Å². The number of β-amino-alcohol motifs (C(OH)–C–C–N with tert-alkyl or cyclic N) is 1. The molecule has 4 atom stereocenters. The minimum atomic E-state index is -1.25. The van der Waals surface area contributed by atoms with Crippen LogP contribution < -0.4 is 5.69 Å². The van der Waals surface area contributed by atoms with E-state index >= 15 is 0 Å². The molecule has 0 radical (unpaired) electrons. The highest BCUT2D eigenvalue weighted by atomic mass is 35.5. The van der Waals surface area contributed by atoms with Crippen molar-refractivity contribution in [2.45, 2.75) is 44.2 Å². The van der Waals surface area contributed by atoms with E-state index in [2.05, 4.69) is 10.1 Å². The molecule has 8 nitrogen and oxygen atoms in total. The van der Waals surface area contributed by atoms with E-state index in [1.165, 1.54) is 4.68 Å². The number of nitrogens with zero attached hydrogens (tertiary/aromatic N) is 3. The van der Waals surface area contributed by atoms with E-state index in [1.807, 2.05) is 11.8 Å². The number of aromatic amines is 1. The molecule has 0 bridgehead atoms. The molecule has 0 saturated carbocycles. The molecule has 0 spiro atoms. The third-order valence-corrected chi connectivity index (χ3v) is 4.95. The normalized spacial score (nSPS) is 27.0. The predicted octanol–water partition coefficient (Wildman–Crippen LogP) is 0.0687. The maximum atomic E-state index is 12.3. The molecule has 1 aliphatic rings. The zero-order valence-electron chi connectivity index (χ0n) is 14.4. The Balaban J connectivity index is 1.84. The monoisotopic (exact) mass is 382 g/mol. The fourth-order valence-electron chi connectivity index (χ4n) is 3.32. The van der Waals surface area contributed by atoms with Gasteiger partial charge in [0.2, 0.25) is 0 Å².